The van der Waals surface area contributed by atoms with Crippen molar-refractivity contribution in [3.8, 4) is 11.5 Å². The molecular weight excluding hydrogens is 278 g/mol. The van der Waals surface area contributed by atoms with Gasteiger partial charge in [-0.2, -0.15) is 4.98 Å². The number of hydrogen-bond donors (Lipinski definition) is 0. The highest BCUT2D eigenvalue weighted by atomic mass is 16.5. The molecule has 0 atom stereocenters. The summed E-state index contributed by atoms with van der Waals surface area (Å²) in [5, 5.41) is 6.29. The van der Waals surface area contributed by atoms with Gasteiger partial charge in [0, 0.05) is 24.1 Å². The molecule has 0 aliphatic heterocycles. The lowest BCUT2D eigenvalue weighted by Gasteiger charge is -2.32. The fourth-order valence-electron chi connectivity index (χ4n) is 2.93. The van der Waals surface area contributed by atoms with Crippen molar-refractivity contribution < 1.29 is 9.26 Å². The van der Waals surface area contributed by atoms with E-state index in [9.17, 15) is 0 Å². The maximum atomic E-state index is 5.58. The van der Waals surface area contributed by atoms with Gasteiger partial charge in [-0.05, 0) is 31.2 Å². The Bertz CT molecular complexity index is 788. The highest BCUT2D eigenvalue weighted by Gasteiger charge is 2.35. The summed E-state index contributed by atoms with van der Waals surface area (Å²) in [7, 11) is 0. The molecule has 1 fully saturated rings. The van der Waals surface area contributed by atoms with Crippen molar-refractivity contribution in [2.75, 3.05) is 6.61 Å². The minimum absolute atomic E-state index is 0.313. The Balaban J connectivity index is 1.61. The zero-order valence-electron chi connectivity index (χ0n) is 12.4. The summed E-state index contributed by atoms with van der Waals surface area (Å²) in [4.78, 5) is 8.98. The van der Waals surface area contributed by atoms with Crippen LogP contribution >= 0.6 is 0 Å². The van der Waals surface area contributed by atoms with Crippen LogP contribution in [0.2, 0.25) is 0 Å². The molecule has 5 heteroatoms. The van der Waals surface area contributed by atoms with Crippen molar-refractivity contribution >= 4 is 10.8 Å². The summed E-state index contributed by atoms with van der Waals surface area (Å²) in [6.45, 7) is 2.77. The first kappa shape index (κ1) is 13.4. The molecule has 3 aromatic rings. The number of rotatable bonds is 4. The van der Waals surface area contributed by atoms with Crippen LogP contribution in [0.1, 0.15) is 31.6 Å². The standard InChI is InChI=1S/C17H17N3O2/c1-2-21-13-9-12(10-13)17-19-16(20-22-17)15-14-6-4-3-5-11(14)7-8-18-15/h3-8,12-13H,2,9-10H2,1H3. The third-order valence-corrected chi connectivity index (χ3v) is 4.17. The predicted octanol–water partition coefficient (Wildman–Crippen LogP) is 3.57. The highest BCUT2D eigenvalue weighted by Crippen LogP contribution is 2.38. The number of aromatic nitrogens is 3. The molecule has 0 unspecified atom stereocenters. The molecule has 1 aromatic carbocycles. The minimum atomic E-state index is 0.313. The first-order valence-electron chi connectivity index (χ1n) is 7.64. The lowest BCUT2D eigenvalue weighted by molar-refractivity contribution is -0.00961. The van der Waals surface area contributed by atoms with Gasteiger partial charge in [0.05, 0.1) is 6.10 Å². The quantitative estimate of drug-likeness (QED) is 0.736. The Hall–Kier alpha value is -2.27. The minimum Gasteiger partial charge on any atom is -0.378 e. The van der Waals surface area contributed by atoms with Crippen LogP contribution in [0.4, 0.5) is 0 Å². The monoisotopic (exact) mass is 295 g/mol. The molecule has 4 rings (SSSR count). The Labute approximate surface area is 128 Å². The van der Waals surface area contributed by atoms with Gasteiger partial charge in [-0.25, -0.2) is 0 Å². The Morgan fingerprint density at radius 3 is 2.95 bits per heavy atom. The number of pyridine rings is 1. The van der Waals surface area contributed by atoms with E-state index in [0.29, 0.717) is 23.7 Å². The molecule has 5 nitrogen and oxygen atoms in total. The smallest absolute Gasteiger partial charge is 0.230 e. The maximum Gasteiger partial charge on any atom is 0.230 e. The molecule has 2 heterocycles. The molecule has 1 saturated carbocycles. The summed E-state index contributed by atoms with van der Waals surface area (Å²) >= 11 is 0. The lowest BCUT2D eigenvalue weighted by atomic mass is 9.82. The van der Waals surface area contributed by atoms with Gasteiger partial charge >= 0.3 is 0 Å². The molecule has 2 aromatic heterocycles. The average molecular weight is 295 g/mol. The van der Waals surface area contributed by atoms with Gasteiger partial charge in [0.15, 0.2) is 0 Å². The lowest BCUT2D eigenvalue weighted by Crippen LogP contribution is -2.29. The largest absolute Gasteiger partial charge is 0.378 e. The van der Waals surface area contributed by atoms with E-state index in [1.807, 2.05) is 31.2 Å². The van der Waals surface area contributed by atoms with Gasteiger partial charge in [-0.3, -0.25) is 4.98 Å². The van der Waals surface area contributed by atoms with Gasteiger partial charge in [-0.1, -0.05) is 29.4 Å². The van der Waals surface area contributed by atoms with Crippen LogP contribution in [0.15, 0.2) is 41.1 Å². The highest BCUT2D eigenvalue weighted by molar-refractivity contribution is 5.92. The van der Waals surface area contributed by atoms with Crippen molar-refractivity contribution in [2.24, 2.45) is 0 Å². The van der Waals surface area contributed by atoms with E-state index in [1.54, 1.807) is 6.20 Å². The van der Waals surface area contributed by atoms with Crippen LogP contribution < -0.4 is 0 Å². The third-order valence-electron chi connectivity index (χ3n) is 4.17. The normalized spacial score (nSPS) is 21.0. The Morgan fingerprint density at radius 2 is 2.09 bits per heavy atom. The van der Waals surface area contributed by atoms with Crippen molar-refractivity contribution in [1.29, 1.82) is 0 Å². The van der Waals surface area contributed by atoms with Crippen molar-refractivity contribution in [3.63, 3.8) is 0 Å². The summed E-state index contributed by atoms with van der Waals surface area (Å²) in [5.74, 6) is 1.57. The van der Waals surface area contributed by atoms with Crippen LogP contribution in [0.25, 0.3) is 22.3 Å². The molecule has 0 N–H and O–H groups in total. The van der Waals surface area contributed by atoms with E-state index >= 15 is 0 Å². The summed E-state index contributed by atoms with van der Waals surface area (Å²) < 4.78 is 11.0. The second-order valence-corrected chi connectivity index (χ2v) is 5.58. The Kier molecular flexibility index (Phi) is 3.35. The zero-order valence-corrected chi connectivity index (χ0v) is 12.4. The van der Waals surface area contributed by atoms with Crippen molar-refractivity contribution in [2.45, 2.75) is 31.8 Å². The van der Waals surface area contributed by atoms with Crippen LogP contribution in [0.3, 0.4) is 0 Å². The second kappa shape index (κ2) is 5.50. The van der Waals surface area contributed by atoms with E-state index in [4.69, 9.17) is 9.26 Å². The SMILES string of the molecule is CCOC1CC(c2nc(-c3nccc4ccccc34)no2)C1. The Morgan fingerprint density at radius 1 is 1.23 bits per heavy atom. The topological polar surface area (TPSA) is 61.0 Å². The molecule has 0 radical (unpaired) electrons. The van der Waals surface area contributed by atoms with E-state index in [1.165, 1.54) is 0 Å². The number of ether oxygens (including phenoxy) is 1. The fraction of sp³-hybridized carbons (Fsp3) is 0.353. The number of hydrogen-bond acceptors (Lipinski definition) is 5. The maximum absolute atomic E-state index is 5.58. The summed E-state index contributed by atoms with van der Waals surface area (Å²) in [5.41, 5.74) is 0.772. The average Bonchev–Trinajstić information content (AvgIpc) is 2.99. The molecule has 112 valence electrons. The van der Waals surface area contributed by atoms with E-state index in [-0.39, 0.29) is 0 Å². The van der Waals surface area contributed by atoms with Crippen LogP contribution in [-0.4, -0.2) is 27.8 Å². The molecule has 0 saturated heterocycles. The number of fused-ring (bicyclic) bond motifs is 1. The van der Waals surface area contributed by atoms with Gasteiger partial charge in [0.2, 0.25) is 11.7 Å². The van der Waals surface area contributed by atoms with Gasteiger partial charge < -0.3 is 9.26 Å². The van der Waals surface area contributed by atoms with Gasteiger partial charge in [0.1, 0.15) is 5.69 Å². The third kappa shape index (κ3) is 2.27. The second-order valence-electron chi connectivity index (χ2n) is 5.58. The molecule has 0 amide bonds. The van der Waals surface area contributed by atoms with Crippen molar-refractivity contribution in [3.05, 3.63) is 42.4 Å². The molecule has 0 spiro atoms. The molecule has 1 aliphatic rings. The summed E-state index contributed by atoms with van der Waals surface area (Å²) in [6.07, 6.45) is 4.03. The van der Waals surface area contributed by atoms with Crippen LogP contribution in [-0.2, 0) is 4.74 Å². The zero-order chi connectivity index (χ0) is 14.9. The van der Waals surface area contributed by atoms with Crippen LogP contribution in [0.5, 0.6) is 0 Å². The first-order valence-corrected chi connectivity index (χ1v) is 7.64. The van der Waals surface area contributed by atoms with E-state index < -0.39 is 0 Å². The van der Waals surface area contributed by atoms with E-state index in [0.717, 1.165) is 35.9 Å². The van der Waals surface area contributed by atoms with Crippen LogP contribution in [0, 0.1) is 0 Å². The molecule has 0 bridgehead atoms. The molecule has 22 heavy (non-hydrogen) atoms. The van der Waals surface area contributed by atoms with Gasteiger partial charge in [-0.15, -0.1) is 0 Å². The molecule has 1 aliphatic carbocycles. The fourth-order valence-corrected chi connectivity index (χ4v) is 2.93. The van der Waals surface area contributed by atoms with E-state index in [2.05, 4.69) is 21.2 Å². The number of benzene rings is 1. The summed E-state index contributed by atoms with van der Waals surface area (Å²) in [6, 6.07) is 10.1. The van der Waals surface area contributed by atoms with Gasteiger partial charge in [0.25, 0.3) is 0 Å². The number of nitrogens with zero attached hydrogens (tertiary/aromatic N) is 3. The molecular formula is C17H17N3O2. The predicted molar refractivity (Wildman–Crippen MR) is 82.4 cm³/mol. The first-order chi connectivity index (χ1) is 10.8. The van der Waals surface area contributed by atoms with Crippen molar-refractivity contribution in [1.82, 2.24) is 15.1 Å².